The maximum absolute atomic E-state index is 12.5. The zero-order valence-corrected chi connectivity index (χ0v) is 45.8. The summed E-state index contributed by atoms with van der Waals surface area (Å²) in [7, 11) is 0. The molecule has 0 bridgehead atoms. The molecule has 0 fully saturated rings. The molecule has 0 aromatic heterocycles. The van der Waals surface area contributed by atoms with Crippen LogP contribution in [0.25, 0.3) is 0 Å². The minimum atomic E-state index is -0.747. The Morgan fingerprint density at radius 1 is 0.358 bits per heavy atom. The van der Waals surface area contributed by atoms with Crippen LogP contribution in [0.5, 0.6) is 0 Å². The maximum Gasteiger partial charge on any atom is 0.222 e. The molecule has 0 aliphatic carbocycles. The summed E-state index contributed by atoms with van der Waals surface area (Å²) in [4.78, 5) is 12.5. The minimum Gasteiger partial charge on any atom is -0.394 e. The third-order valence-electron chi connectivity index (χ3n) is 14.8. The fraction of sp³-hybridized carbons (Fsp3) is 0.952. The molecule has 0 aliphatic heterocycles. The van der Waals surface area contributed by atoms with Crippen molar-refractivity contribution in [2.45, 2.75) is 372 Å². The average molecular weight is 947 g/mol. The van der Waals surface area contributed by atoms with E-state index in [2.05, 4.69) is 31.3 Å². The van der Waals surface area contributed by atoms with Gasteiger partial charge < -0.3 is 20.6 Å². The average Bonchev–Trinajstić information content (AvgIpc) is 3.32. The van der Waals surface area contributed by atoms with E-state index in [4.69, 9.17) is 0 Å². The second kappa shape index (κ2) is 57.7. The van der Waals surface area contributed by atoms with E-state index < -0.39 is 18.2 Å². The molecule has 400 valence electrons. The van der Waals surface area contributed by atoms with Crippen molar-refractivity contribution in [1.82, 2.24) is 5.32 Å². The van der Waals surface area contributed by atoms with E-state index in [1.807, 2.05) is 0 Å². The highest BCUT2D eigenvalue weighted by Gasteiger charge is 2.21. The number of unbranched alkanes of at least 4 members (excludes halogenated alkanes) is 47. The molecule has 67 heavy (non-hydrogen) atoms. The molecule has 5 heteroatoms. The quantitative estimate of drug-likeness (QED) is 0.0361. The van der Waals surface area contributed by atoms with Crippen molar-refractivity contribution in [3.05, 3.63) is 12.2 Å². The van der Waals surface area contributed by atoms with Crippen LogP contribution in [0.4, 0.5) is 0 Å². The molecule has 0 aliphatic rings. The van der Waals surface area contributed by atoms with Crippen LogP contribution in [-0.4, -0.2) is 46.1 Å². The number of aliphatic hydroxyl groups is 3. The molecular formula is C62H123NO4. The largest absolute Gasteiger partial charge is 0.394 e. The molecule has 0 saturated heterocycles. The van der Waals surface area contributed by atoms with Gasteiger partial charge in [-0.1, -0.05) is 321 Å². The summed E-state index contributed by atoms with van der Waals surface area (Å²) in [6, 6.07) is -0.656. The van der Waals surface area contributed by atoms with Crippen molar-refractivity contribution in [1.29, 1.82) is 0 Å². The molecule has 5 nitrogen and oxygen atoms in total. The van der Waals surface area contributed by atoms with Gasteiger partial charge in [-0.3, -0.25) is 4.79 Å². The van der Waals surface area contributed by atoms with E-state index in [0.717, 1.165) is 25.7 Å². The molecule has 0 aromatic carbocycles. The standard InChI is InChI=1S/C62H123NO4/c1-3-5-7-9-11-13-15-17-19-21-22-23-24-25-26-27-28-29-30-31-32-33-34-35-36-37-38-40-41-43-45-47-49-51-53-55-59(65)57-62(67)63-60(58-64)61(66)56-54-52-50-48-46-44-42-39-20-18-16-14-12-10-8-6-4-2/h29-30,59-61,64-66H,3-28,31-58H2,1-2H3,(H,63,67)/b30-29-. The first-order chi connectivity index (χ1) is 33.0. The number of nitrogens with one attached hydrogen (secondary N) is 1. The number of aliphatic hydroxyl groups excluding tert-OH is 3. The molecule has 3 unspecified atom stereocenters. The highest BCUT2D eigenvalue weighted by atomic mass is 16.3. The number of rotatable bonds is 58. The first-order valence-electron chi connectivity index (χ1n) is 31.0. The second-order valence-electron chi connectivity index (χ2n) is 21.7. The number of amides is 1. The molecule has 0 spiro atoms. The van der Waals surface area contributed by atoms with Gasteiger partial charge in [-0.05, 0) is 38.5 Å². The number of allylic oxidation sites excluding steroid dienone is 2. The molecule has 3 atom stereocenters. The summed E-state index contributed by atoms with van der Waals surface area (Å²) < 4.78 is 0. The molecular weight excluding hydrogens is 823 g/mol. The third kappa shape index (κ3) is 54.3. The van der Waals surface area contributed by atoms with Gasteiger partial charge in [0.25, 0.3) is 0 Å². The van der Waals surface area contributed by atoms with Crippen molar-refractivity contribution < 1.29 is 20.1 Å². The second-order valence-corrected chi connectivity index (χ2v) is 21.7. The van der Waals surface area contributed by atoms with Crippen molar-refractivity contribution in [2.75, 3.05) is 6.61 Å². The van der Waals surface area contributed by atoms with Crippen LogP contribution < -0.4 is 5.32 Å². The van der Waals surface area contributed by atoms with Gasteiger partial charge in [-0.15, -0.1) is 0 Å². The van der Waals surface area contributed by atoms with Crippen molar-refractivity contribution in [2.24, 2.45) is 0 Å². The number of hydrogen-bond donors (Lipinski definition) is 4. The Bertz CT molecular complexity index is 956. The lowest BCUT2D eigenvalue weighted by molar-refractivity contribution is -0.125. The van der Waals surface area contributed by atoms with Crippen molar-refractivity contribution >= 4 is 5.91 Å². The van der Waals surface area contributed by atoms with Gasteiger partial charge in [0, 0.05) is 0 Å². The van der Waals surface area contributed by atoms with Gasteiger partial charge in [0.05, 0.1) is 31.3 Å². The van der Waals surface area contributed by atoms with E-state index in [-0.39, 0.29) is 18.9 Å². The zero-order valence-electron chi connectivity index (χ0n) is 45.8. The van der Waals surface area contributed by atoms with Crippen LogP contribution in [0.3, 0.4) is 0 Å². The van der Waals surface area contributed by atoms with Crippen LogP contribution in [0.2, 0.25) is 0 Å². The predicted octanol–water partition coefficient (Wildman–Crippen LogP) is 19.5. The SMILES string of the molecule is CCCCCCCCCCCCCCCCCC/C=C\CCCCCCCCCCCCCCCCCC(O)CC(=O)NC(CO)C(O)CCCCCCCCCCCCCCCCCCC. The topological polar surface area (TPSA) is 89.8 Å². The van der Waals surface area contributed by atoms with Crippen molar-refractivity contribution in [3.8, 4) is 0 Å². The monoisotopic (exact) mass is 946 g/mol. The van der Waals surface area contributed by atoms with E-state index in [0.29, 0.717) is 12.8 Å². The Labute approximate surface area is 420 Å². The Hall–Kier alpha value is -0.910. The van der Waals surface area contributed by atoms with E-state index >= 15 is 0 Å². The van der Waals surface area contributed by atoms with Crippen LogP contribution in [0, 0.1) is 0 Å². The third-order valence-corrected chi connectivity index (χ3v) is 14.8. The normalized spacial score (nSPS) is 13.2. The van der Waals surface area contributed by atoms with Crippen LogP contribution >= 0.6 is 0 Å². The smallest absolute Gasteiger partial charge is 0.222 e. The van der Waals surface area contributed by atoms with Crippen LogP contribution in [0.1, 0.15) is 354 Å². The molecule has 1 amide bonds. The lowest BCUT2D eigenvalue weighted by Gasteiger charge is -2.23. The summed E-state index contributed by atoms with van der Waals surface area (Å²) >= 11 is 0. The van der Waals surface area contributed by atoms with Crippen LogP contribution in [0.15, 0.2) is 12.2 Å². The van der Waals surface area contributed by atoms with Crippen LogP contribution in [-0.2, 0) is 4.79 Å². The lowest BCUT2D eigenvalue weighted by atomic mass is 10.0. The lowest BCUT2D eigenvalue weighted by Crippen LogP contribution is -2.46. The summed E-state index contributed by atoms with van der Waals surface area (Å²) in [5.41, 5.74) is 0. The van der Waals surface area contributed by atoms with Gasteiger partial charge in [0.1, 0.15) is 0 Å². The Morgan fingerprint density at radius 3 is 0.866 bits per heavy atom. The molecule has 0 heterocycles. The summed E-state index contributed by atoms with van der Waals surface area (Å²) in [5, 5.41) is 33.7. The summed E-state index contributed by atoms with van der Waals surface area (Å²) in [6.45, 7) is 4.31. The fourth-order valence-corrected chi connectivity index (χ4v) is 10.1. The molecule has 0 aromatic rings. The highest BCUT2D eigenvalue weighted by Crippen LogP contribution is 2.19. The van der Waals surface area contributed by atoms with E-state index in [1.54, 1.807) is 0 Å². The summed E-state index contributed by atoms with van der Waals surface area (Å²) in [5.74, 6) is -0.276. The first kappa shape index (κ1) is 66.1. The van der Waals surface area contributed by atoms with Gasteiger partial charge in [-0.25, -0.2) is 0 Å². The van der Waals surface area contributed by atoms with Gasteiger partial charge >= 0.3 is 0 Å². The summed E-state index contributed by atoms with van der Waals surface area (Å²) in [6.07, 6.45) is 72.6. The van der Waals surface area contributed by atoms with Gasteiger partial charge in [0.15, 0.2) is 0 Å². The number of carbonyl (C=O) groups excluding carboxylic acids is 1. The Balaban J connectivity index is 3.44. The molecule has 0 rings (SSSR count). The van der Waals surface area contributed by atoms with E-state index in [9.17, 15) is 20.1 Å². The highest BCUT2D eigenvalue weighted by molar-refractivity contribution is 5.76. The minimum absolute atomic E-state index is 0.0413. The van der Waals surface area contributed by atoms with Crippen molar-refractivity contribution in [3.63, 3.8) is 0 Å². The number of carbonyl (C=O) groups is 1. The Morgan fingerprint density at radius 2 is 0.597 bits per heavy atom. The fourth-order valence-electron chi connectivity index (χ4n) is 10.1. The van der Waals surface area contributed by atoms with Gasteiger partial charge in [0.2, 0.25) is 5.91 Å². The van der Waals surface area contributed by atoms with E-state index in [1.165, 1.54) is 295 Å². The predicted molar refractivity (Wildman–Crippen MR) is 296 cm³/mol. The first-order valence-corrected chi connectivity index (χ1v) is 31.0. The molecule has 0 radical (unpaired) electrons. The molecule has 4 N–H and O–H groups in total. The van der Waals surface area contributed by atoms with Gasteiger partial charge in [-0.2, -0.15) is 0 Å². The maximum atomic E-state index is 12.5. The zero-order chi connectivity index (χ0) is 48.6. The Kier molecular flexibility index (Phi) is 56.9. The number of hydrogen-bond acceptors (Lipinski definition) is 4. The molecule has 0 saturated carbocycles.